The fourth-order valence-electron chi connectivity index (χ4n) is 2.95. The Morgan fingerprint density at radius 1 is 1.00 bits per heavy atom. The predicted octanol–water partition coefficient (Wildman–Crippen LogP) is 4.75. The number of nitrogens with zero attached hydrogens (tertiary/aromatic N) is 3. The molecule has 0 radical (unpaired) electrons. The Balaban J connectivity index is 0.00000108. The van der Waals surface area contributed by atoms with Gasteiger partial charge in [-0.25, -0.2) is 9.97 Å². The molecule has 0 atom stereocenters. The summed E-state index contributed by atoms with van der Waals surface area (Å²) in [7, 11) is 3.75. The number of nitrogens with one attached hydrogen (secondary N) is 2. The first-order chi connectivity index (χ1) is 16.8. The van der Waals surface area contributed by atoms with Crippen molar-refractivity contribution in [3.05, 3.63) is 67.0 Å². The first kappa shape index (κ1) is 25.4. The molecule has 0 saturated heterocycles. The van der Waals surface area contributed by atoms with E-state index in [4.69, 9.17) is 4.74 Å². The number of anilines is 2. The first-order valence-corrected chi connectivity index (χ1v) is 10.3. The lowest BCUT2D eigenvalue weighted by molar-refractivity contribution is -0.274. The van der Waals surface area contributed by atoms with Gasteiger partial charge in [0.2, 0.25) is 0 Å². The van der Waals surface area contributed by atoms with Crippen LogP contribution in [-0.2, 0) is 4.79 Å². The van der Waals surface area contributed by atoms with Gasteiger partial charge in [-0.05, 0) is 56.6 Å². The molecule has 4 aromatic rings. The number of halogens is 3. The van der Waals surface area contributed by atoms with E-state index >= 15 is 0 Å². The van der Waals surface area contributed by atoms with E-state index in [9.17, 15) is 18.0 Å². The summed E-state index contributed by atoms with van der Waals surface area (Å²) in [6, 6.07) is 13.9. The van der Waals surface area contributed by atoms with Crippen molar-refractivity contribution in [3.8, 4) is 22.9 Å². The number of pyridine rings is 1. The van der Waals surface area contributed by atoms with Crippen molar-refractivity contribution in [2.24, 2.45) is 0 Å². The topological polar surface area (TPSA) is 98.3 Å². The van der Waals surface area contributed by atoms with Crippen LogP contribution in [0.25, 0.3) is 22.3 Å². The molecule has 2 aromatic heterocycles. The van der Waals surface area contributed by atoms with E-state index in [0.717, 1.165) is 0 Å². The first-order valence-electron chi connectivity index (χ1n) is 10.3. The van der Waals surface area contributed by atoms with Crippen LogP contribution in [0.5, 0.6) is 11.5 Å². The van der Waals surface area contributed by atoms with E-state index in [-0.39, 0.29) is 12.4 Å². The van der Waals surface area contributed by atoms with E-state index in [1.54, 1.807) is 48.8 Å². The zero-order valence-electron chi connectivity index (χ0n) is 18.8. The maximum absolute atomic E-state index is 12.6. The van der Waals surface area contributed by atoms with Crippen molar-refractivity contribution in [3.63, 3.8) is 0 Å². The summed E-state index contributed by atoms with van der Waals surface area (Å²) < 4.78 is 47.1. The van der Waals surface area contributed by atoms with Crippen LogP contribution in [0.3, 0.4) is 0 Å². The molecule has 0 aliphatic heterocycles. The Kier molecular flexibility index (Phi) is 8.52. The Bertz CT molecular complexity index is 1270. The summed E-state index contributed by atoms with van der Waals surface area (Å²) in [4.78, 5) is 23.8. The van der Waals surface area contributed by atoms with Crippen molar-refractivity contribution < 1.29 is 27.4 Å². The number of rotatable bonds is 7. The summed E-state index contributed by atoms with van der Waals surface area (Å²) in [5, 5.41) is 6.32. The average Bonchev–Trinajstić information content (AvgIpc) is 2.83. The number of benzene rings is 2. The van der Waals surface area contributed by atoms with Crippen LogP contribution in [0.4, 0.5) is 24.7 Å². The van der Waals surface area contributed by atoms with Crippen LogP contribution in [0.15, 0.2) is 67.0 Å². The number of fused-ring (bicyclic) bond motifs is 1. The molecule has 2 heterocycles. The third kappa shape index (κ3) is 7.37. The predicted molar refractivity (Wildman–Crippen MR) is 126 cm³/mol. The van der Waals surface area contributed by atoms with E-state index in [2.05, 4.69) is 30.3 Å². The number of alkyl halides is 3. The zero-order valence-corrected chi connectivity index (χ0v) is 18.8. The van der Waals surface area contributed by atoms with Crippen LogP contribution >= 0.6 is 0 Å². The molecule has 0 aliphatic rings. The molecule has 0 saturated carbocycles. The molecule has 0 aliphatic carbocycles. The quantitative estimate of drug-likeness (QED) is 0.362. The maximum atomic E-state index is 12.6. The lowest BCUT2D eigenvalue weighted by Gasteiger charge is -2.14. The summed E-state index contributed by atoms with van der Waals surface area (Å²) >= 11 is 0. The van der Waals surface area contributed by atoms with Crippen LogP contribution < -0.4 is 20.1 Å². The third-order valence-electron chi connectivity index (χ3n) is 4.24. The van der Waals surface area contributed by atoms with Gasteiger partial charge in [-0.3, -0.25) is 9.78 Å². The number of carbonyl (C=O) groups excluding carboxylic acids is 1. The molecule has 0 bridgehead atoms. The molecule has 8 nitrogen and oxygen atoms in total. The molecule has 0 amide bonds. The zero-order chi connectivity index (χ0) is 25.3. The van der Waals surface area contributed by atoms with Crippen molar-refractivity contribution in [2.75, 3.05) is 26.0 Å². The van der Waals surface area contributed by atoms with Crippen LogP contribution in [0.1, 0.15) is 0 Å². The number of ether oxygens (including phenoxy) is 2. The Morgan fingerprint density at radius 2 is 1.80 bits per heavy atom. The van der Waals surface area contributed by atoms with Crippen LogP contribution in [0, 0.1) is 0 Å². The van der Waals surface area contributed by atoms with Crippen LogP contribution in [-0.4, -0.2) is 48.3 Å². The average molecular weight is 485 g/mol. The second-order valence-electron chi connectivity index (χ2n) is 6.99. The van der Waals surface area contributed by atoms with Gasteiger partial charge < -0.3 is 20.1 Å². The molecule has 0 fully saturated rings. The molecule has 4 rings (SSSR count). The SMILES string of the molecule is CNC.O=CCOc1ccc2nc(-c3cccnc3)nc(Nc3cccc(OC(F)(F)F)c3)c2c1. The van der Waals surface area contributed by atoms with Crippen molar-refractivity contribution in [1.82, 2.24) is 20.3 Å². The van der Waals surface area contributed by atoms with E-state index < -0.39 is 6.36 Å². The summed E-state index contributed by atoms with van der Waals surface area (Å²) in [5.74, 6) is 0.745. The van der Waals surface area contributed by atoms with Gasteiger partial charge in [-0.15, -0.1) is 13.2 Å². The summed E-state index contributed by atoms with van der Waals surface area (Å²) in [6.07, 6.45) is -0.965. The normalized spacial score (nSPS) is 10.8. The van der Waals surface area contributed by atoms with Gasteiger partial charge in [0.05, 0.1) is 5.52 Å². The van der Waals surface area contributed by atoms with Crippen molar-refractivity contribution in [1.29, 1.82) is 0 Å². The van der Waals surface area contributed by atoms with Gasteiger partial charge in [-0.1, -0.05) is 6.07 Å². The molecule has 35 heavy (non-hydrogen) atoms. The monoisotopic (exact) mass is 485 g/mol. The Morgan fingerprint density at radius 3 is 2.49 bits per heavy atom. The Hall–Kier alpha value is -4.25. The number of carbonyl (C=O) groups is 1. The van der Waals surface area contributed by atoms with Gasteiger partial charge in [0, 0.05) is 35.1 Å². The molecular weight excluding hydrogens is 463 g/mol. The minimum atomic E-state index is -4.81. The van der Waals surface area contributed by atoms with E-state index in [0.29, 0.717) is 45.8 Å². The standard InChI is InChI=1S/C22H15F3N4O3.C2H7N/c23-22(24,25)32-17-5-1-4-15(11-17)27-21-18-12-16(31-10-9-30)6-7-19(18)28-20(29-21)14-3-2-8-26-13-14;1-3-2/h1-9,11-13H,10H2,(H,27,28,29);3H,1-2H3. The van der Waals surface area contributed by atoms with Gasteiger partial charge in [-0.2, -0.15) is 0 Å². The lowest BCUT2D eigenvalue weighted by Crippen LogP contribution is -2.17. The second kappa shape index (κ2) is 11.7. The highest BCUT2D eigenvalue weighted by Gasteiger charge is 2.31. The maximum Gasteiger partial charge on any atom is 0.573 e. The van der Waals surface area contributed by atoms with Gasteiger partial charge in [0.1, 0.15) is 23.9 Å². The Labute approximate surface area is 199 Å². The number of aromatic nitrogens is 3. The molecule has 0 spiro atoms. The summed E-state index contributed by atoms with van der Waals surface area (Å²) in [5.41, 5.74) is 1.54. The molecular formula is C24H22F3N5O3. The molecule has 182 valence electrons. The molecule has 2 aromatic carbocycles. The number of hydrogen-bond donors (Lipinski definition) is 2. The number of hydrogen-bond acceptors (Lipinski definition) is 8. The largest absolute Gasteiger partial charge is 0.573 e. The lowest BCUT2D eigenvalue weighted by atomic mass is 10.2. The molecule has 0 unspecified atom stereocenters. The smallest absolute Gasteiger partial charge is 0.486 e. The van der Waals surface area contributed by atoms with Gasteiger partial charge >= 0.3 is 6.36 Å². The summed E-state index contributed by atoms with van der Waals surface area (Å²) in [6.45, 7) is -0.125. The van der Waals surface area contributed by atoms with E-state index in [1.807, 2.05) is 14.1 Å². The highest BCUT2D eigenvalue weighted by atomic mass is 19.4. The highest BCUT2D eigenvalue weighted by Crippen LogP contribution is 2.31. The fourth-order valence-corrected chi connectivity index (χ4v) is 2.95. The number of aldehydes is 1. The van der Waals surface area contributed by atoms with Gasteiger partial charge in [0.25, 0.3) is 0 Å². The minimum absolute atomic E-state index is 0.125. The second-order valence-corrected chi connectivity index (χ2v) is 6.99. The van der Waals surface area contributed by atoms with Crippen molar-refractivity contribution in [2.45, 2.75) is 6.36 Å². The molecule has 2 N–H and O–H groups in total. The van der Waals surface area contributed by atoms with Crippen molar-refractivity contribution >= 4 is 28.7 Å². The highest BCUT2D eigenvalue weighted by molar-refractivity contribution is 5.93. The molecule has 11 heteroatoms. The fraction of sp³-hybridized carbons (Fsp3) is 0.167. The van der Waals surface area contributed by atoms with E-state index in [1.165, 1.54) is 18.2 Å². The minimum Gasteiger partial charge on any atom is -0.486 e. The van der Waals surface area contributed by atoms with Gasteiger partial charge in [0.15, 0.2) is 12.1 Å². The van der Waals surface area contributed by atoms with Crippen LogP contribution in [0.2, 0.25) is 0 Å². The third-order valence-corrected chi connectivity index (χ3v) is 4.24.